The molecule has 0 aliphatic rings. The van der Waals surface area contributed by atoms with Gasteiger partial charge in [0, 0.05) is 13.0 Å². The summed E-state index contributed by atoms with van der Waals surface area (Å²) in [4.78, 5) is 11.0. The lowest BCUT2D eigenvalue weighted by atomic mass is 10.1. The van der Waals surface area contributed by atoms with Crippen LogP contribution >= 0.6 is 0 Å². The van der Waals surface area contributed by atoms with E-state index in [-0.39, 0.29) is 5.91 Å². The number of amides is 1. The van der Waals surface area contributed by atoms with E-state index in [1.807, 2.05) is 25.1 Å². The topological polar surface area (TPSA) is 38.3 Å². The monoisotopic (exact) mass is 221 g/mol. The molecule has 0 aliphatic heterocycles. The van der Waals surface area contributed by atoms with E-state index in [1.54, 1.807) is 7.11 Å². The highest BCUT2D eigenvalue weighted by molar-refractivity contribution is 5.75. The van der Waals surface area contributed by atoms with Crippen LogP contribution in [0.3, 0.4) is 0 Å². The van der Waals surface area contributed by atoms with Crippen LogP contribution in [0, 0.1) is 0 Å². The summed E-state index contributed by atoms with van der Waals surface area (Å²) in [6, 6.07) is 7.98. The highest BCUT2D eigenvalue weighted by Gasteiger charge is 2.01. The van der Waals surface area contributed by atoms with Gasteiger partial charge in [-0.25, -0.2) is 0 Å². The lowest BCUT2D eigenvalue weighted by Gasteiger charge is -2.08. The zero-order valence-corrected chi connectivity index (χ0v) is 9.95. The fourth-order valence-electron chi connectivity index (χ4n) is 1.54. The van der Waals surface area contributed by atoms with E-state index in [9.17, 15) is 4.79 Å². The van der Waals surface area contributed by atoms with Crippen molar-refractivity contribution in [1.82, 2.24) is 5.32 Å². The maximum Gasteiger partial charge on any atom is 0.219 e. The van der Waals surface area contributed by atoms with Crippen LogP contribution < -0.4 is 10.1 Å². The van der Waals surface area contributed by atoms with Gasteiger partial charge in [-0.05, 0) is 24.5 Å². The normalized spacial score (nSPS) is 9.88. The SMILES string of the molecule is CCC(=O)NCCCc1ccccc1OC. The number of rotatable bonds is 6. The Morgan fingerprint density at radius 1 is 1.38 bits per heavy atom. The van der Waals surface area contributed by atoms with Crippen molar-refractivity contribution in [3.8, 4) is 5.75 Å². The Labute approximate surface area is 96.8 Å². The second-order valence-electron chi connectivity index (χ2n) is 3.62. The van der Waals surface area contributed by atoms with Gasteiger partial charge in [-0.3, -0.25) is 4.79 Å². The van der Waals surface area contributed by atoms with E-state index in [1.165, 1.54) is 5.56 Å². The lowest BCUT2D eigenvalue weighted by molar-refractivity contribution is -0.120. The summed E-state index contributed by atoms with van der Waals surface area (Å²) in [6.07, 6.45) is 2.41. The molecule has 0 aliphatic carbocycles. The quantitative estimate of drug-likeness (QED) is 0.747. The summed E-state index contributed by atoms with van der Waals surface area (Å²) >= 11 is 0. The molecule has 3 nitrogen and oxygen atoms in total. The van der Waals surface area contributed by atoms with Gasteiger partial charge in [0.1, 0.15) is 5.75 Å². The molecule has 88 valence electrons. The van der Waals surface area contributed by atoms with Gasteiger partial charge in [0.25, 0.3) is 0 Å². The van der Waals surface area contributed by atoms with Gasteiger partial charge >= 0.3 is 0 Å². The minimum absolute atomic E-state index is 0.111. The molecule has 0 atom stereocenters. The minimum Gasteiger partial charge on any atom is -0.496 e. The van der Waals surface area contributed by atoms with Crippen molar-refractivity contribution in [3.05, 3.63) is 29.8 Å². The second kappa shape index (κ2) is 6.88. The standard InChI is InChI=1S/C13H19NO2/c1-3-13(15)14-10-6-8-11-7-4-5-9-12(11)16-2/h4-5,7,9H,3,6,8,10H2,1-2H3,(H,14,15). The van der Waals surface area contributed by atoms with E-state index in [0.717, 1.165) is 25.1 Å². The van der Waals surface area contributed by atoms with Gasteiger partial charge in [-0.1, -0.05) is 25.1 Å². The van der Waals surface area contributed by atoms with Gasteiger partial charge in [0.15, 0.2) is 0 Å². The first-order chi connectivity index (χ1) is 7.77. The van der Waals surface area contributed by atoms with Crippen molar-refractivity contribution in [2.45, 2.75) is 26.2 Å². The molecule has 0 aromatic heterocycles. The first kappa shape index (κ1) is 12.6. The zero-order valence-electron chi connectivity index (χ0n) is 9.95. The molecule has 16 heavy (non-hydrogen) atoms. The number of nitrogens with one attached hydrogen (secondary N) is 1. The van der Waals surface area contributed by atoms with E-state index >= 15 is 0 Å². The molecule has 1 N–H and O–H groups in total. The highest BCUT2D eigenvalue weighted by Crippen LogP contribution is 2.18. The number of carbonyl (C=O) groups is 1. The molecule has 1 rings (SSSR count). The fourth-order valence-corrected chi connectivity index (χ4v) is 1.54. The van der Waals surface area contributed by atoms with Gasteiger partial charge < -0.3 is 10.1 Å². The van der Waals surface area contributed by atoms with E-state index in [2.05, 4.69) is 11.4 Å². The summed E-state index contributed by atoms with van der Waals surface area (Å²) in [5, 5.41) is 2.86. The van der Waals surface area contributed by atoms with Crippen LogP contribution in [-0.4, -0.2) is 19.6 Å². The number of benzene rings is 1. The van der Waals surface area contributed by atoms with Gasteiger partial charge in [-0.2, -0.15) is 0 Å². The Morgan fingerprint density at radius 2 is 2.12 bits per heavy atom. The second-order valence-corrected chi connectivity index (χ2v) is 3.62. The molecule has 0 unspecified atom stereocenters. The van der Waals surface area contributed by atoms with Gasteiger partial charge in [0.2, 0.25) is 5.91 Å². The number of hydrogen-bond acceptors (Lipinski definition) is 2. The van der Waals surface area contributed by atoms with Crippen LogP contribution in [0.4, 0.5) is 0 Å². The van der Waals surface area contributed by atoms with Crippen LogP contribution in [0.25, 0.3) is 0 Å². The molecule has 3 heteroatoms. The van der Waals surface area contributed by atoms with Crippen molar-refractivity contribution in [3.63, 3.8) is 0 Å². The zero-order chi connectivity index (χ0) is 11.8. The Morgan fingerprint density at radius 3 is 2.81 bits per heavy atom. The maximum absolute atomic E-state index is 11.0. The van der Waals surface area contributed by atoms with Crippen molar-refractivity contribution in [1.29, 1.82) is 0 Å². The largest absolute Gasteiger partial charge is 0.496 e. The first-order valence-electron chi connectivity index (χ1n) is 5.66. The molecule has 0 bridgehead atoms. The summed E-state index contributed by atoms with van der Waals surface area (Å²) in [6.45, 7) is 2.58. The van der Waals surface area contributed by atoms with Crippen LogP contribution in [0.1, 0.15) is 25.3 Å². The maximum atomic E-state index is 11.0. The van der Waals surface area contributed by atoms with Gasteiger partial charge in [-0.15, -0.1) is 0 Å². The summed E-state index contributed by atoms with van der Waals surface area (Å²) in [7, 11) is 1.68. The van der Waals surface area contributed by atoms with E-state index in [0.29, 0.717) is 6.42 Å². The lowest BCUT2D eigenvalue weighted by Crippen LogP contribution is -2.23. The molecule has 1 aromatic carbocycles. The Bertz CT molecular complexity index is 336. The number of hydrogen-bond donors (Lipinski definition) is 1. The van der Waals surface area contributed by atoms with Crippen molar-refractivity contribution in [2.75, 3.05) is 13.7 Å². The highest BCUT2D eigenvalue weighted by atomic mass is 16.5. The van der Waals surface area contributed by atoms with Crippen molar-refractivity contribution >= 4 is 5.91 Å². The first-order valence-corrected chi connectivity index (χ1v) is 5.66. The molecule has 1 amide bonds. The van der Waals surface area contributed by atoms with E-state index < -0.39 is 0 Å². The average Bonchev–Trinajstić information content (AvgIpc) is 2.34. The minimum atomic E-state index is 0.111. The Balaban J connectivity index is 2.34. The molecular weight excluding hydrogens is 202 g/mol. The van der Waals surface area contributed by atoms with Crippen molar-refractivity contribution < 1.29 is 9.53 Å². The Hall–Kier alpha value is -1.51. The molecule has 0 radical (unpaired) electrons. The molecule has 0 saturated heterocycles. The molecule has 0 fully saturated rings. The van der Waals surface area contributed by atoms with Crippen LogP contribution in [0.2, 0.25) is 0 Å². The smallest absolute Gasteiger partial charge is 0.219 e. The molecule has 1 aromatic rings. The van der Waals surface area contributed by atoms with E-state index in [4.69, 9.17) is 4.74 Å². The fraction of sp³-hybridized carbons (Fsp3) is 0.462. The van der Waals surface area contributed by atoms with Crippen LogP contribution in [-0.2, 0) is 11.2 Å². The van der Waals surface area contributed by atoms with Crippen LogP contribution in [0.5, 0.6) is 5.75 Å². The number of aryl methyl sites for hydroxylation is 1. The summed E-state index contributed by atoms with van der Waals surface area (Å²) in [5.41, 5.74) is 1.19. The summed E-state index contributed by atoms with van der Waals surface area (Å²) < 4.78 is 5.26. The number of ether oxygens (including phenoxy) is 1. The number of carbonyl (C=O) groups excluding carboxylic acids is 1. The van der Waals surface area contributed by atoms with Crippen LogP contribution in [0.15, 0.2) is 24.3 Å². The Kier molecular flexibility index (Phi) is 5.40. The average molecular weight is 221 g/mol. The molecular formula is C13H19NO2. The molecule has 0 spiro atoms. The summed E-state index contributed by atoms with van der Waals surface area (Å²) in [5.74, 6) is 1.03. The predicted molar refractivity (Wildman–Crippen MR) is 64.6 cm³/mol. The number of para-hydroxylation sites is 1. The molecule has 0 saturated carbocycles. The van der Waals surface area contributed by atoms with Crippen molar-refractivity contribution in [2.24, 2.45) is 0 Å². The number of methoxy groups -OCH3 is 1. The predicted octanol–water partition coefficient (Wildman–Crippen LogP) is 2.15. The third-order valence-electron chi connectivity index (χ3n) is 2.46. The molecule has 0 heterocycles. The van der Waals surface area contributed by atoms with Gasteiger partial charge in [0.05, 0.1) is 7.11 Å². The third kappa shape index (κ3) is 3.93. The third-order valence-corrected chi connectivity index (χ3v) is 2.46.